The van der Waals surface area contributed by atoms with Gasteiger partial charge in [0.2, 0.25) is 5.91 Å². The van der Waals surface area contributed by atoms with Crippen molar-refractivity contribution in [3.8, 4) is 0 Å². The maximum Gasteiger partial charge on any atom is 0.250 e. The molecule has 1 aliphatic heterocycles. The highest BCUT2D eigenvalue weighted by molar-refractivity contribution is 5.92. The van der Waals surface area contributed by atoms with E-state index in [0.29, 0.717) is 11.7 Å². The first kappa shape index (κ1) is 14.7. The highest BCUT2D eigenvalue weighted by Crippen LogP contribution is 2.08. The van der Waals surface area contributed by atoms with Gasteiger partial charge >= 0.3 is 0 Å². The third-order valence-corrected chi connectivity index (χ3v) is 3.31. The van der Waals surface area contributed by atoms with Gasteiger partial charge in [-0.3, -0.25) is 4.79 Å². The van der Waals surface area contributed by atoms with Gasteiger partial charge in [-0.15, -0.1) is 0 Å². The number of aromatic nitrogens is 1. The van der Waals surface area contributed by atoms with Crippen molar-refractivity contribution >= 4 is 11.7 Å². The maximum absolute atomic E-state index is 10.9. The van der Waals surface area contributed by atoms with E-state index in [1.165, 1.54) is 6.20 Å². The van der Waals surface area contributed by atoms with E-state index < -0.39 is 5.91 Å². The van der Waals surface area contributed by atoms with Gasteiger partial charge in [0.05, 0.1) is 11.7 Å². The van der Waals surface area contributed by atoms with Gasteiger partial charge in [-0.05, 0) is 44.5 Å². The number of piperidine rings is 1. The number of amides is 1. The number of hydrogen-bond donors (Lipinski definition) is 3. The second-order valence-electron chi connectivity index (χ2n) is 4.90. The van der Waals surface area contributed by atoms with E-state index in [-0.39, 0.29) is 0 Å². The van der Waals surface area contributed by atoms with Crippen LogP contribution in [0.25, 0.3) is 0 Å². The Morgan fingerprint density at radius 2 is 2.25 bits per heavy atom. The first-order chi connectivity index (χ1) is 9.75. The predicted molar refractivity (Wildman–Crippen MR) is 77.7 cm³/mol. The van der Waals surface area contributed by atoms with Crippen molar-refractivity contribution in [3.63, 3.8) is 0 Å². The summed E-state index contributed by atoms with van der Waals surface area (Å²) in [5.41, 5.74) is 5.58. The number of nitrogens with one attached hydrogen (secondary N) is 2. The minimum absolute atomic E-state index is 0.407. The lowest BCUT2D eigenvalue weighted by Gasteiger charge is -2.22. The Morgan fingerprint density at radius 1 is 1.45 bits per heavy atom. The quantitative estimate of drug-likeness (QED) is 0.640. The normalized spacial score (nSPS) is 16.0. The predicted octanol–water partition coefficient (Wildman–Crippen LogP) is 0.751. The maximum atomic E-state index is 10.9. The van der Waals surface area contributed by atoms with Gasteiger partial charge in [0.1, 0.15) is 5.82 Å². The van der Waals surface area contributed by atoms with Crippen LogP contribution in [-0.4, -0.2) is 43.2 Å². The largest absolute Gasteiger partial charge is 0.378 e. The molecule has 0 bridgehead atoms. The Balaban J connectivity index is 1.59. The van der Waals surface area contributed by atoms with E-state index in [1.54, 1.807) is 12.1 Å². The number of pyridine rings is 1. The van der Waals surface area contributed by atoms with Crippen molar-refractivity contribution in [3.05, 3.63) is 23.9 Å². The van der Waals surface area contributed by atoms with Gasteiger partial charge in [0.15, 0.2) is 0 Å². The molecule has 6 heteroatoms. The summed E-state index contributed by atoms with van der Waals surface area (Å²) in [5, 5.41) is 6.51. The smallest absolute Gasteiger partial charge is 0.250 e. The third kappa shape index (κ3) is 4.79. The van der Waals surface area contributed by atoms with Crippen molar-refractivity contribution < 1.29 is 9.53 Å². The van der Waals surface area contributed by atoms with Crippen LogP contribution in [0.2, 0.25) is 0 Å². The first-order valence-corrected chi connectivity index (χ1v) is 7.08. The van der Waals surface area contributed by atoms with E-state index in [4.69, 9.17) is 10.5 Å². The summed E-state index contributed by atoms with van der Waals surface area (Å²) in [4.78, 5) is 15.0. The van der Waals surface area contributed by atoms with Crippen LogP contribution in [-0.2, 0) is 4.74 Å². The molecule has 0 radical (unpaired) electrons. The number of carbonyl (C=O) groups excluding carboxylic acids is 1. The van der Waals surface area contributed by atoms with E-state index >= 15 is 0 Å². The summed E-state index contributed by atoms with van der Waals surface area (Å²) in [6, 6.07) is 3.43. The van der Waals surface area contributed by atoms with E-state index in [2.05, 4.69) is 15.6 Å². The Kier molecular flexibility index (Phi) is 5.76. The number of primary amides is 1. The highest BCUT2D eigenvalue weighted by Gasteiger charge is 2.12. The van der Waals surface area contributed by atoms with Crippen molar-refractivity contribution in [2.24, 2.45) is 5.73 Å². The lowest BCUT2D eigenvalue weighted by molar-refractivity contribution is 0.0329. The van der Waals surface area contributed by atoms with Gasteiger partial charge in [-0.1, -0.05) is 0 Å². The summed E-state index contributed by atoms with van der Waals surface area (Å²) >= 11 is 0. The molecule has 0 aliphatic carbocycles. The van der Waals surface area contributed by atoms with Crippen molar-refractivity contribution in [2.75, 3.05) is 31.6 Å². The number of nitrogens with two attached hydrogens (primary N) is 1. The molecular weight excluding hydrogens is 256 g/mol. The van der Waals surface area contributed by atoms with Crippen LogP contribution in [0.1, 0.15) is 29.6 Å². The standard InChI is InChI=1S/C14H22N4O2/c15-14(19)11-2-3-13(18-10-11)17-6-1-9-20-12-4-7-16-8-5-12/h2-3,10,12,16H,1,4-9H2,(H2,15,19)(H,17,18). The molecule has 6 nitrogen and oxygen atoms in total. The van der Waals surface area contributed by atoms with Crippen LogP contribution in [0.5, 0.6) is 0 Å². The molecule has 0 aromatic carbocycles. The molecule has 4 N–H and O–H groups in total. The fourth-order valence-electron chi connectivity index (χ4n) is 2.14. The molecule has 0 saturated carbocycles. The molecule has 0 unspecified atom stereocenters. The summed E-state index contributed by atoms with van der Waals surface area (Å²) in [7, 11) is 0. The summed E-state index contributed by atoms with van der Waals surface area (Å²) in [6.07, 6.45) is 5.02. The highest BCUT2D eigenvalue weighted by atomic mass is 16.5. The molecule has 0 atom stereocenters. The molecule has 1 fully saturated rings. The van der Waals surface area contributed by atoms with Crippen LogP contribution in [0.15, 0.2) is 18.3 Å². The molecule has 1 aromatic rings. The zero-order chi connectivity index (χ0) is 14.2. The van der Waals surface area contributed by atoms with Gasteiger partial charge in [0.25, 0.3) is 0 Å². The molecule has 1 saturated heterocycles. The molecule has 110 valence electrons. The van der Waals surface area contributed by atoms with Crippen LogP contribution in [0, 0.1) is 0 Å². The Hall–Kier alpha value is -1.66. The minimum Gasteiger partial charge on any atom is -0.378 e. The van der Waals surface area contributed by atoms with Crippen molar-refractivity contribution in [1.29, 1.82) is 0 Å². The van der Waals surface area contributed by atoms with Crippen LogP contribution in [0.4, 0.5) is 5.82 Å². The zero-order valence-corrected chi connectivity index (χ0v) is 11.6. The zero-order valence-electron chi connectivity index (χ0n) is 11.6. The first-order valence-electron chi connectivity index (χ1n) is 7.08. The van der Waals surface area contributed by atoms with E-state index in [1.807, 2.05) is 0 Å². The SMILES string of the molecule is NC(=O)c1ccc(NCCCOC2CCNCC2)nc1. The van der Waals surface area contributed by atoms with Gasteiger partial charge in [0, 0.05) is 19.3 Å². The molecule has 2 heterocycles. The van der Waals surface area contributed by atoms with Gasteiger partial charge in [-0.2, -0.15) is 0 Å². The number of anilines is 1. The lowest BCUT2D eigenvalue weighted by atomic mass is 10.1. The van der Waals surface area contributed by atoms with E-state index in [9.17, 15) is 4.79 Å². The number of rotatable bonds is 7. The molecule has 0 spiro atoms. The topological polar surface area (TPSA) is 89.3 Å². The van der Waals surface area contributed by atoms with Crippen LogP contribution < -0.4 is 16.4 Å². The molecule has 1 aromatic heterocycles. The Bertz CT molecular complexity index is 416. The van der Waals surface area contributed by atoms with Crippen molar-refractivity contribution in [1.82, 2.24) is 10.3 Å². The summed E-state index contributed by atoms with van der Waals surface area (Å²) in [5.74, 6) is 0.288. The third-order valence-electron chi connectivity index (χ3n) is 3.31. The summed E-state index contributed by atoms with van der Waals surface area (Å²) < 4.78 is 5.81. The molecule has 1 aliphatic rings. The second-order valence-corrected chi connectivity index (χ2v) is 4.90. The lowest BCUT2D eigenvalue weighted by Crippen LogP contribution is -2.32. The minimum atomic E-state index is -0.459. The van der Waals surface area contributed by atoms with Crippen molar-refractivity contribution in [2.45, 2.75) is 25.4 Å². The average molecular weight is 278 g/mol. The van der Waals surface area contributed by atoms with Crippen LogP contribution in [0.3, 0.4) is 0 Å². The molecular formula is C14H22N4O2. The van der Waals surface area contributed by atoms with E-state index in [0.717, 1.165) is 51.3 Å². The Morgan fingerprint density at radius 3 is 2.90 bits per heavy atom. The molecule has 20 heavy (non-hydrogen) atoms. The number of nitrogens with zero attached hydrogens (tertiary/aromatic N) is 1. The molecule has 1 amide bonds. The molecule has 2 rings (SSSR count). The average Bonchev–Trinajstić information content (AvgIpc) is 2.48. The fraction of sp³-hybridized carbons (Fsp3) is 0.571. The van der Waals surface area contributed by atoms with Gasteiger partial charge < -0.3 is 21.1 Å². The number of carbonyl (C=O) groups is 1. The summed E-state index contributed by atoms with van der Waals surface area (Å²) in [6.45, 7) is 3.67. The van der Waals surface area contributed by atoms with Crippen LogP contribution >= 0.6 is 0 Å². The second kappa shape index (κ2) is 7.81. The van der Waals surface area contributed by atoms with Gasteiger partial charge in [-0.25, -0.2) is 4.98 Å². The number of hydrogen-bond acceptors (Lipinski definition) is 5. The monoisotopic (exact) mass is 278 g/mol. The number of ether oxygens (including phenoxy) is 1. The fourth-order valence-corrected chi connectivity index (χ4v) is 2.14. The Labute approximate surface area is 119 Å².